The van der Waals surface area contributed by atoms with E-state index in [-0.39, 0.29) is 0 Å². The predicted molar refractivity (Wildman–Crippen MR) is 86.0 cm³/mol. The molecule has 1 atom stereocenters. The molecule has 0 radical (unpaired) electrons. The first kappa shape index (κ1) is 16.3. The van der Waals surface area contributed by atoms with E-state index in [1.165, 1.54) is 12.8 Å². The fourth-order valence-corrected chi connectivity index (χ4v) is 4.03. The van der Waals surface area contributed by atoms with Crippen molar-refractivity contribution in [2.24, 2.45) is 5.92 Å². The van der Waals surface area contributed by atoms with E-state index in [4.69, 9.17) is 0 Å². The van der Waals surface area contributed by atoms with E-state index in [0.717, 1.165) is 19.6 Å². The molecule has 0 aromatic heterocycles. The molecule has 0 spiro atoms. The van der Waals surface area contributed by atoms with Crippen LogP contribution in [0, 0.1) is 5.92 Å². The fourth-order valence-electron chi connectivity index (χ4n) is 2.81. The van der Waals surface area contributed by atoms with Crippen molar-refractivity contribution >= 4 is 15.7 Å². The second kappa shape index (κ2) is 7.24. The quantitative estimate of drug-likeness (QED) is 0.840. The normalized spacial score (nSPS) is 20.4. The summed E-state index contributed by atoms with van der Waals surface area (Å²) in [5.74, 6) is 0.568. The Bertz CT molecular complexity index is 560. The summed E-state index contributed by atoms with van der Waals surface area (Å²) < 4.78 is 26.9. The second-order valence-corrected chi connectivity index (χ2v) is 7.38. The topological polar surface area (TPSA) is 61.4 Å². The zero-order valence-electron chi connectivity index (χ0n) is 12.8. The van der Waals surface area contributed by atoms with E-state index >= 15 is 0 Å². The number of hydrogen-bond donors (Lipinski definition) is 2. The summed E-state index contributed by atoms with van der Waals surface area (Å²) in [5, 5.41) is 3.32. The number of benzene rings is 1. The molecule has 0 bridgehead atoms. The minimum atomic E-state index is -3.43. The molecule has 1 aliphatic heterocycles. The second-order valence-electron chi connectivity index (χ2n) is 5.65. The molecular weight excluding hydrogens is 286 g/mol. The number of nitrogens with zero attached hydrogens (tertiary/aromatic N) is 1. The highest BCUT2D eigenvalue weighted by Crippen LogP contribution is 2.22. The number of piperidine rings is 1. The van der Waals surface area contributed by atoms with Gasteiger partial charge in [-0.1, -0.05) is 19.1 Å². The maximum Gasteiger partial charge on any atom is 0.242 e. The molecule has 1 aliphatic rings. The van der Waals surface area contributed by atoms with E-state index in [1.54, 1.807) is 19.1 Å². The molecule has 1 aromatic carbocycles. The number of rotatable bonds is 6. The third-order valence-corrected chi connectivity index (χ3v) is 5.42. The monoisotopic (exact) mass is 311 g/mol. The summed E-state index contributed by atoms with van der Waals surface area (Å²) in [6, 6.07) is 7.09. The SMILES string of the molecule is CCNS(=O)(=O)c1ccccc1NCC1CCCN(C)C1. The first-order chi connectivity index (χ1) is 10.0. The van der Waals surface area contributed by atoms with Crippen LogP contribution in [0.15, 0.2) is 29.2 Å². The standard InChI is InChI=1S/C15H25N3O2S/c1-3-17-21(19,20)15-9-5-4-8-14(15)16-11-13-7-6-10-18(2)12-13/h4-5,8-9,13,16-17H,3,6-7,10-12H2,1-2H3. The number of hydrogen-bond acceptors (Lipinski definition) is 4. The molecule has 0 aliphatic carbocycles. The van der Waals surface area contributed by atoms with Crippen molar-refractivity contribution in [3.63, 3.8) is 0 Å². The minimum Gasteiger partial charge on any atom is -0.384 e. The Kier molecular flexibility index (Phi) is 5.61. The van der Waals surface area contributed by atoms with Crippen LogP contribution in [0.2, 0.25) is 0 Å². The summed E-state index contributed by atoms with van der Waals surface area (Å²) in [6.07, 6.45) is 2.40. The maximum absolute atomic E-state index is 12.2. The van der Waals surface area contributed by atoms with Gasteiger partial charge in [-0.25, -0.2) is 13.1 Å². The van der Waals surface area contributed by atoms with Gasteiger partial charge in [-0.2, -0.15) is 0 Å². The Balaban J connectivity index is 2.06. The Morgan fingerprint density at radius 3 is 2.81 bits per heavy atom. The summed E-state index contributed by atoms with van der Waals surface area (Å²) >= 11 is 0. The van der Waals surface area contributed by atoms with Gasteiger partial charge in [0, 0.05) is 19.6 Å². The zero-order valence-corrected chi connectivity index (χ0v) is 13.6. The van der Waals surface area contributed by atoms with Crippen molar-refractivity contribution in [1.29, 1.82) is 0 Å². The van der Waals surface area contributed by atoms with E-state index in [2.05, 4.69) is 22.0 Å². The molecular formula is C15H25N3O2S. The van der Waals surface area contributed by atoms with Gasteiger partial charge in [0.25, 0.3) is 0 Å². The zero-order chi connectivity index (χ0) is 15.3. The van der Waals surface area contributed by atoms with E-state index < -0.39 is 10.0 Å². The molecule has 0 amide bonds. The van der Waals surface area contributed by atoms with Crippen LogP contribution in [-0.4, -0.2) is 46.5 Å². The molecule has 2 N–H and O–H groups in total. The molecule has 2 rings (SSSR count). The van der Waals surface area contributed by atoms with Crippen molar-refractivity contribution in [3.05, 3.63) is 24.3 Å². The molecule has 1 fully saturated rings. The first-order valence-electron chi connectivity index (χ1n) is 7.54. The van der Waals surface area contributed by atoms with Crippen LogP contribution in [-0.2, 0) is 10.0 Å². The maximum atomic E-state index is 12.2. The number of nitrogens with one attached hydrogen (secondary N) is 2. The average molecular weight is 311 g/mol. The molecule has 1 saturated heterocycles. The minimum absolute atomic E-state index is 0.330. The van der Waals surface area contributed by atoms with Crippen LogP contribution in [0.25, 0.3) is 0 Å². The number of sulfonamides is 1. The lowest BCUT2D eigenvalue weighted by atomic mass is 9.98. The fraction of sp³-hybridized carbons (Fsp3) is 0.600. The molecule has 118 valence electrons. The lowest BCUT2D eigenvalue weighted by Crippen LogP contribution is -2.35. The Morgan fingerprint density at radius 2 is 2.10 bits per heavy atom. The highest BCUT2D eigenvalue weighted by atomic mass is 32.2. The van der Waals surface area contributed by atoms with Gasteiger partial charge in [-0.15, -0.1) is 0 Å². The number of likely N-dealkylation sites (tertiary alicyclic amines) is 1. The van der Waals surface area contributed by atoms with Crippen molar-refractivity contribution in [1.82, 2.24) is 9.62 Å². The van der Waals surface area contributed by atoms with Crippen LogP contribution in [0.1, 0.15) is 19.8 Å². The third kappa shape index (κ3) is 4.43. The van der Waals surface area contributed by atoms with Gasteiger partial charge in [0.15, 0.2) is 0 Å². The predicted octanol–water partition coefficient (Wildman–Crippen LogP) is 1.74. The lowest BCUT2D eigenvalue weighted by molar-refractivity contribution is 0.217. The molecule has 21 heavy (non-hydrogen) atoms. The van der Waals surface area contributed by atoms with Crippen LogP contribution >= 0.6 is 0 Å². The van der Waals surface area contributed by atoms with E-state index in [1.807, 2.05) is 12.1 Å². The van der Waals surface area contributed by atoms with Gasteiger partial charge in [-0.3, -0.25) is 0 Å². The molecule has 1 heterocycles. The smallest absolute Gasteiger partial charge is 0.242 e. The van der Waals surface area contributed by atoms with Crippen molar-refractivity contribution in [2.45, 2.75) is 24.7 Å². The Labute approximate surface area is 127 Å². The van der Waals surface area contributed by atoms with Gasteiger partial charge in [0.2, 0.25) is 10.0 Å². The molecule has 1 unspecified atom stereocenters. The summed E-state index contributed by atoms with van der Waals surface area (Å²) in [5.41, 5.74) is 0.687. The van der Waals surface area contributed by atoms with E-state index in [0.29, 0.717) is 23.0 Å². The van der Waals surface area contributed by atoms with Gasteiger partial charge < -0.3 is 10.2 Å². The molecule has 5 nitrogen and oxygen atoms in total. The van der Waals surface area contributed by atoms with Crippen molar-refractivity contribution in [3.8, 4) is 0 Å². The van der Waals surface area contributed by atoms with Gasteiger partial charge >= 0.3 is 0 Å². The molecule has 0 saturated carbocycles. The van der Waals surface area contributed by atoms with Gasteiger partial charge in [0.1, 0.15) is 4.90 Å². The van der Waals surface area contributed by atoms with Crippen molar-refractivity contribution < 1.29 is 8.42 Å². The molecule has 6 heteroatoms. The highest BCUT2D eigenvalue weighted by molar-refractivity contribution is 7.89. The van der Waals surface area contributed by atoms with Crippen LogP contribution in [0.5, 0.6) is 0 Å². The van der Waals surface area contributed by atoms with Crippen LogP contribution in [0.3, 0.4) is 0 Å². The highest BCUT2D eigenvalue weighted by Gasteiger charge is 2.20. The largest absolute Gasteiger partial charge is 0.384 e. The van der Waals surface area contributed by atoms with Crippen LogP contribution in [0.4, 0.5) is 5.69 Å². The van der Waals surface area contributed by atoms with E-state index in [9.17, 15) is 8.42 Å². The average Bonchev–Trinajstić information content (AvgIpc) is 2.45. The first-order valence-corrected chi connectivity index (χ1v) is 9.02. The van der Waals surface area contributed by atoms with Crippen LogP contribution < -0.4 is 10.0 Å². The van der Waals surface area contributed by atoms with Gasteiger partial charge in [-0.05, 0) is 44.5 Å². The Hall–Kier alpha value is -1.11. The molecule has 1 aromatic rings. The number of anilines is 1. The van der Waals surface area contributed by atoms with Gasteiger partial charge in [0.05, 0.1) is 5.69 Å². The Morgan fingerprint density at radius 1 is 1.33 bits per heavy atom. The number of para-hydroxylation sites is 1. The summed E-state index contributed by atoms with van der Waals surface area (Å²) in [4.78, 5) is 2.66. The third-order valence-electron chi connectivity index (χ3n) is 3.81. The summed E-state index contributed by atoms with van der Waals surface area (Å²) in [6.45, 7) is 5.20. The van der Waals surface area contributed by atoms with Crippen molar-refractivity contribution in [2.75, 3.05) is 38.5 Å². The lowest BCUT2D eigenvalue weighted by Gasteiger charge is -2.30. The summed E-state index contributed by atoms with van der Waals surface area (Å²) in [7, 11) is -1.29.